The van der Waals surface area contributed by atoms with E-state index in [0.29, 0.717) is 25.7 Å². The van der Waals surface area contributed by atoms with Gasteiger partial charge in [0.1, 0.15) is 6.61 Å². The number of amides is 2. The van der Waals surface area contributed by atoms with Crippen molar-refractivity contribution in [1.82, 2.24) is 10.6 Å². The molecule has 0 aromatic heterocycles. The van der Waals surface area contributed by atoms with E-state index in [-0.39, 0.29) is 24.5 Å². The third-order valence-electron chi connectivity index (χ3n) is 6.95. The molecule has 1 unspecified atom stereocenters. The highest BCUT2D eigenvalue weighted by atomic mass is 16.5. The van der Waals surface area contributed by atoms with Gasteiger partial charge in [-0.15, -0.1) is 0 Å². The Labute approximate surface area is 198 Å². The van der Waals surface area contributed by atoms with Gasteiger partial charge in [0.15, 0.2) is 5.54 Å². The van der Waals surface area contributed by atoms with Gasteiger partial charge < -0.3 is 25.6 Å². The summed E-state index contributed by atoms with van der Waals surface area (Å²) < 4.78 is 5.60. The number of alkyl carbamates (subject to hydrolysis) is 1. The van der Waals surface area contributed by atoms with Crippen LogP contribution in [0.4, 0.5) is 4.79 Å². The average Bonchev–Trinajstić information content (AvgIpc) is 3.16. The maximum Gasteiger partial charge on any atom is 0.407 e. The summed E-state index contributed by atoms with van der Waals surface area (Å²) in [7, 11) is 0. The highest BCUT2D eigenvalue weighted by molar-refractivity contribution is 5.88. The third kappa shape index (κ3) is 4.77. The molecule has 2 aromatic carbocycles. The van der Waals surface area contributed by atoms with Crippen LogP contribution in [-0.4, -0.2) is 53.0 Å². The summed E-state index contributed by atoms with van der Waals surface area (Å²) in [6.45, 7) is 0.830. The number of aliphatic carboxylic acids is 1. The molecule has 8 nitrogen and oxygen atoms in total. The summed E-state index contributed by atoms with van der Waals surface area (Å²) in [5, 5.41) is 23.9. The van der Waals surface area contributed by atoms with E-state index in [1.807, 2.05) is 24.3 Å². The molecule has 2 aliphatic carbocycles. The molecule has 2 amide bonds. The fraction of sp³-hybridized carbons (Fsp3) is 0.423. The molecule has 2 aromatic rings. The Kier molecular flexibility index (Phi) is 6.88. The number of carbonyl (C=O) groups excluding carboxylic acids is 2. The Bertz CT molecular complexity index is 1030. The van der Waals surface area contributed by atoms with E-state index < -0.39 is 30.1 Å². The van der Waals surface area contributed by atoms with Crippen molar-refractivity contribution < 1.29 is 29.3 Å². The molecule has 1 saturated carbocycles. The van der Waals surface area contributed by atoms with E-state index in [1.54, 1.807) is 0 Å². The van der Waals surface area contributed by atoms with Gasteiger partial charge in [-0.25, -0.2) is 9.59 Å². The molecule has 4 rings (SSSR count). The zero-order valence-corrected chi connectivity index (χ0v) is 19.1. The summed E-state index contributed by atoms with van der Waals surface area (Å²) in [5.74, 6) is -2.04. The zero-order chi connectivity index (χ0) is 24.3. The van der Waals surface area contributed by atoms with Crippen LogP contribution in [0.2, 0.25) is 0 Å². The zero-order valence-electron chi connectivity index (χ0n) is 19.1. The van der Waals surface area contributed by atoms with Crippen molar-refractivity contribution in [2.45, 2.75) is 50.1 Å². The Hall–Kier alpha value is -3.39. The molecule has 0 aliphatic heterocycles. The molecule has 0 saturated heterocycles. The molecule has 0 bridgehead atoms. The molecule has 180 valence electrons. The number of carboxylic acids is 1. The van der Waals surface area contributed by atoms with Crippen LogP contribution in [0.5, 0.6) is 0 Å². The number of hydrogen-bond donors (Lipinski definition) is 4. The lowest BCUT2D eigenvalue weighted by Crippen LogP contribution is -2.56. The van der Waals surface area contributed by atoms with Gasteiger partial charge in [0.05, 0.1) is 6.61 Å². The van der Waals surface area contributed by atoms with Crippen molar-refractivity contribution in [2.75, 3.05) is 13.2 Å². The second kappa shape index (κ2) is 9.85. The minimum Gasteiger partial charge on any atom is -0.479 e. The Morgan fingerprint density at radius 1 is 0.971 bits per heavy atom. The lowest BCUT2D eigenvalue weighted by Gasteiger charge is -2.31. The van der Waals surface area contributed by atoms with E-state index >= 15 is 0 Å². The number of aliphatic hydroxyl groups excluding tert-OH is 1. The maximum atomic E-state index is 12.5. The summed E-state index contributed by atoms with van der Waals surface area (Å²) in [5.41, 5.74) is 2.94. The van der Waals surface area contributed by atoms with Crippen molar-refractivity contribution in [3.63, 3.8) is 0 Å². The topological polar surface area (TPSA) is 125 Å². The first kappa shape index (κ1) is 23.8. The monoisotopic (exact) mass is 466 g/mol. The second-order valence-electron chi connectivity index (χ2n) is 9.30. The first-order valence-electron chi connectivity index (χ1n) is 11.6. The standard InChI is InChI=1S/C26H30N2O6/c1-26(15-29,24(31)32)28-23(30)16-10-12-17(13-11-16)27-25(33)34-14-22-20-8-4-2-6-18(20)19-7-3-5-9-21(19)22/h2-9,16-17,22,29H,10-15H2,1H3,(H,27,33)(H,28,30)(H,31,32). The van der Waals surface area contributed by atoms with Crippen LogP contribution in [0, 0.1) is 5.92 Å². The number of hydrogen-bond acceptors (Lipinski definition) is 5. The van der Waals surface area contributed by atoms with E-state index in [2.05, 4.69) is 34.9 Å². The molecule has 34 heavy (non-hydrogen) atoms. The molecule has 1 fully saturated rings. The van der Waals surface area contributed by atoms with Crippen molar-refractivity contribution in [3.05, 3.63) is 59.7 Å². The SMILES string of the molecule is CC(CO)(NC(=O)C1CCC(NC(=O)OCC2c3ccccc3-c3ccccc32)CC1)C(=O)O. The predicted octanol–water partition coefficient (Wildman–Crippen LogP) is 3.04. The predicted molar refractivity (Wildman–Crippen MR) is 125 cm³/mol. The lowest BCUT2D eigenvalue weighted by atomic mass is 9.85. The molecule has 8 heteroatoms. The third-order valence-corrected chi connectivity index (χ3v) is 6.95. The van der Waals surface area contributed by atoms with E-state index in [0.717, 1.165) is 11.1 Å². The van der Waals surface area contributed by atoms with Crippen LogP contribution < -0.4 is 10.6 Å². The fourth-order valence-corrected chi connectivity index (χ4v) is 4.84. The van der Waals surface area contributed by atoms with Gasteiger partial charge in [-0.3, -0.25) is 4.79 Å². The van der Waals surface area contributed by atoms with Crippen LogP contribution in [0.25, 0.3) is 11.1 Å². The fourth-order valence-electron chi connectivity index (χ4n) is 4.84. The largest absolute Gasteiger partial charge is 0.479 e. The number of nitrogens with one attached hydrogen (secondary N) is 2. The van der Waals surface area contributed by atoms with Crippen LogP contribution >= 0.6 is 0 Å². The molecule has 2 aliphatic rings. The van der Waals surface area contributed by atoms with Gasteiger partial charge in [-0.1, -0.05) is 48.5 Å². The highest BCUT2D eigenvalue weighted by Gasteiger charge is 2.37. The van der Waals surface area contributed by atoms with Gasteiger partial charge in [0.25, 0.3) is 0 Å². The molecular weight excluding hydrogens is 436 g/mol. The first-order valence-corrected chi connectivity index (χ1v) is 11.6. The Morgan fingerprint density at radius 2 is 1.53 bits per heavy atom. The van der Waals surface area contributed by atoms with E-state index in [4.69, 9.17) is 4.74 Å². The summed E-state index contributed by atoms with van der Waals surface area (Å²) in [6, 6.07) is 16.2. The van der Waals surface area contributed by atoms with Gasteiger partial charge >= 0.3 is 12.1 Å². The summed E-state index contributed by atoms with van der Waals surface area (Å²) in [6.07, 6.45) is 1.73. The van der Waals surface area contributed by atoms with Gasteiger partial charge in [0, 0.05) is 17.9 Å². The van der Waals surface area contributed by atoms with Crippen molar-refractivity contribution in [2.24, 2.45) is 5.92 Å². The average molecular weight is 467 g/mol. The summed E-state index contributed by atoms with van der Waals surface area (Å²) in [4.78, 5) is 36.3. The second-order valence-corrected chi connectivity index (χ2v) is 9.30. The number of carbonyl (C=O) groups is 3. The number of carboxylic acid groups (broad SMARTS) is 1. The van der Waals surface area contributed by atoms with Crippen LogP contribution in [-0.2, 0) is 14.3 Å². The molecule has 1 atom stereocenters. The maximum absolute atomic E-state index is 12.5. The number of aliphatic hydroxyl groups is 1. The number of rotatable bonds is 7. The normalized spacial score (nSPS) is 21.0. The first-order chi connectivity index (χ1) is 16.3. The molecule has 0 heterocycles. The minimum absolute atomic E-state index is 0.00680. The number of ether oxygens (including phenoxy) is 1. The van der Waals surface area contributed by atoms with E-state index in [9.17, 15) is 24.6 Å². The molecule has 0 radical (unpaired) electrons. The van der Waals surface area contributed by atoms with Crippen molar-refractivity contribution in [3.8, 4) is 11.1 Å². The van der Waals surface area contributed by atoms with Crippen molar-refractivity contribution in [1.29, 1.82) is 0 Å². The summed E-state index contributed by atoms with van der Waals surface area (Å²) >= 11 is 0. The number of fused-ring (bicyclic) bond motifs is 3. The van der Waals surface area contributed by atoms with Crippen LogP contribution in [0.3, 0.4) is 0 Å². The quantitative estimate of drug-likeness (QED) is 0.497. The van der Waals surface area contributed by atoms with Crippen LogP contribution in [0.1, 0.15) is 49.7 Å². The Balaban J connectivity index is 1.27. The number of benzene rings is 2. The smallest absolute Gasteiger partial charge is 0.407 e. The minimum atomic E-state index is -1.70. The van der Waals surface area contributed by atoms with Gasteiger partial charge in [0.2, 0.25) is 5.91 Å². The molecule has 4 N–H and O–H groups in total. The molecule has 0 spiro atoms. The lowest BCUT2D eigenvalue weighted by molar-refractivity contribution is -0.149. The van der Waals surface area contributed by atoms with Crippen molar-refractivity contribution >= 4 is 18.0 Å². The molecular formula is C26H30N2O6. The van der Waals surface area contributed by atoms with E-state index in [1.165, 1.54) is 18.1 Å². The van der Waals surface area contributed by atoms with Gasteiger partial charge in [-0.05, 0) is 54.9 Å². The Morgan fingerprint density at radius 3 is 2.06 bits per heavy atom. The van der Waals surface area contributed by atoms with Gasteiger partial charge in [-0.2, -0.15) is 0 Å². The highest BCUT2D eigenvalue weighted by Crippen LogP contribution is 2.44. The van der Waals surface area contributed by atoms with Crippen LogP contribution in [0.15, 0.2) is 48.5 Å².